The molecule has 1 aliphatic heterocycles. The third-order valence-electron chi connectivity index (χ3n) is 11.5. The van der Waals surface area contributed by atoms with Crippen molar-refractivity contribution in [2.75, 3.05) is 14.7 Å². The molecule has 2 aliphatic rings. The zero-order valence-corrected chi connectivity index (χ0v) is 31.6. The fraction of sp³-hybridized carbons (Fsp3) is 0.0189. The van der Waals surface area contributed by atoms with E-state index in [0.29, 0.717) is 0 Å². The van der Waals surface area contributed by atoms with Crippen LogP contribution in [0.25, 0.3) is 11.3 Å². The molecule has 11 rings (SSSR count). The minimum Gasteiger partial charge on any atom is -0.310 e. The van der Waals surface area contributed by atoms with E-state index >= 15 is 0 Å². The lowest BCUT2D eigenvalue weighted by Crippen LogP contribution is -2.37. The van der Waals surface area contributed by atoms with Crippen molar-refractivity contribution in [1.82, 2.24) is 9.97 Å². The number of nitrogens with zero attached hydrogens (tertiary/aromatic N) is 5. The highest BCUT2D eigenvalue weighted by atomic mass is 15.2. The van der Waals surface area contributed by atoms with E-state index in [1.807, 2.05) is 12.4 Å². The second kappa shape index (κ2) is 13.8. The molecule has 1 spiro atoms. The van der Waals surface area contributed by atoms with Crippen LogP contribution in [0.4, 0.5) is 51.2 Å². The molecule has 0 saturated heterocycles. The summed E-state index contributed by atoms with van der Waals surface area (Å²) < 4.78 is 0. The third kappa shape index (κ3) is 5.17. The van der Waals surface area contributed by atoms with Crippen LogP contribution in [0.3, 0.4) is 0 Å². The smallest absolute Gasteiger partial charge is 0.0944 e. The molecule has 5 heteroatoms. The third-order valence-corrected chi connectivity index (χ3v) is 11.5. The Bertz CT molecular complexity index is 2640. The van der Waals surface area contributed by atoms with Gasteiger partial charge in [-0.3, -0.25) is 9.97 Å². The lowest BCUT2D eigenvalue weighted by molar-refractivity contribution is 0.722. The lowest BCUT2D eigenvalue weighted by atomic mass is 9.66. The zero-order valence-electron chi connectivity index (χ0n) is 31.6. The summed E-state index contributed by atoms with van der Waals surface area (Å²) in [5.41, 5.74) is 15.2. The fourth-order valence-corrected chi connectivity index (χ4v) is 9.15. The maximum absolute atomic E-state index is 5.32. The molecule has 2 heterocycles. The van der Waals surface area contributed by atoms with Crippen LogP contribution in [-0.2, 0) is 5.41 Å². The molecule has 9 aromatic rings. The van der Waals surface area contributed by atoms with Crippen LogP contribution < -0.4 is 14.7 Å². The Morgan fingerprint density at radius 1 is 0.362 bits per heavy atom. The van der Waals surface area contributed by atoms with Crippen molar-refractivity contribution in [3.8, 4) is 11.3 Å². The van der Waals surface area contributed by atoms with Crippen LogP contribution in [-0.4, -0.2) is 9.97 Å². The summed E-state index contributed by atoms with van der Waals surface area (Å²) in [7, 11) is 0. The van der Waals surface area contributed by atoms with E-state index in [9.17, 15) is 0 Å². The van der Waals surface area contributed by atoms with E-state index in [0.717, 1.165) is 84.8 Å². The number of fused-ring (bicyclic) bond motifs is 9. The second-order valence-corrected chi connectivity index (χ2v) is 14.6. The fourth-order valence-electron chi connectivity index (χ4n) is 9.15. The topological polar surface area (TPSA) is 35.5 Å². The van der Waals surface area contributed by atoms with Crippen LogP contribution in [0, 0.1) is 0 Å². The van der Waals surface area contributed by atoms with Gasteiger partial charge in [-0.05, 0) is 114 Å². The predicted molar refractivity (Wildman–Crippen MR) is 237 cm³/mol. The van der Waals surface area contributed by atoms with E-state index in [1.54, 1.807) is 0 Å². The van der Waals surface area contributed by atoms with Crippen molar-refractivity contribution in [2.45, 2.75) is 5.41 Å². The van der Waals surface area contributed by atoms with Gasteiger partial charge in [0.15, 0.2) is 0 Å². The molecule has 58 heavy (non-hydrogen) atoms. The van der Waals surface area contributed by atoms with Crippen molar-refractivity contribution in [1.29, 1.82) is 0 Å². The summed E-state index contributed by atoms with van der Waals surface area (Å²) in [4.78, 5) is 17.5. The molecule has 5 nitrogen and oxygen atoms in total. The molecule has 274 valence electrons. The first-order chi connectivity index (χ1) is 28.8. The molecule has 0 N–H and O–H groups in total. The highest BCUT2D eigenvalue weighted by Gasteiger charge is 2.54. The van der Waals surface area contributed by atoms with Gasteiger partial charge in [-0.1, -0.05) is 115 Å². The Kier molecular flexibility index (Phi) is 7.97. The number of para-hydroxylation sites is 5. The minimum atomic E-state index is -0.819. The van der Waals surface area contributed by atoms with Crippen molar-refractivity contribution in [2.24, 2.45) is 0 Å². The molecule has 0 fully saturated rings. The van der Waals surface area contributed by atoms with Crippen molar-refractivity contribution in [3.05, 3.63) is 247 Å². The van der Waals surface area contributed by atoms with Gasteiger partial charge in [-0.15, -0.1) is 0 Å². The van der Waals surface area contributed by atoms with Crippen LogP contribution >= 0.6 is 0 Å². The SMILES string of the molecule is c1ccc(N(c2ccccc2)c2ccc3c(c2)C2(c4ccccc4-c4nccnc42)c2cc(N(c4ccccc4)c4ccccc4)ccc2N3c2ccccc2)cc1. The average molecular weight is 744 g/mol. The van der Waals surface area contributed by atoms with Crippen molar-refractivity contribution < 1.29 is 0 Å². The predicted octanol–water partition coefficient (Wildman–Crippen LogP) is 13.6. The summed E-state index contributed by atoms with van der Waals surface area (Å²) in [6.45, 7) is 0. The van der Waals surface area contributed by atoms with Gasteiger partial charge in [-0.25, -0.2) is 0 Å². The lowest BCUT2D eigenvalue weighted by Gasteiger charge is -2.45. The molecule has 0 unspecified atom stereocenters. The molecule has 0 radical (unpaired) electrons. The number of aromatic nitrogens is 2. The van der Waals surface area contributed by atoms with Gasteiger partial charge in [0.1, 0.15) is 0 Å². The van der Waals surface area contributed by atoms with Gasteiger partial charge in [0.05, 0.1) is 28.2 Å². The van der Waals surface area contributed by atoms with Gasteiger partial charge in [0.2, 0.25) is 0 Å². The first-order valence-corrected chi connectivity index (χ1v) is 19.7. The molecule has 1 aliphatic carbocycles. The molecule has 0 saturated carbocycles. The molecule has 0 amide bonds. The summed E-state index contributed by atoms with van der Waals surface area (Å²) in [5, 5.41) is 0. The summed E-state index contributed by atoms with van der Waals surface area (Å²) in [6.07, 6.45) is 3.67. The molecular weight excluding hydrogens is 707 g/mol. The molecule has 8 aromatic carbocycles. The zero-order chi connectivity index (χ0) is 38.5. The van der Waals surface area contributed by atoms with Gasteiger partial charge < -0.3 is 14.7 Å². The standard InChI is InChI=1S/C53H37N5/c1-6-18-38(19-7-1)56(39-20-8-2-9-21-39)43-30-32-49-47(36-43)53(46-29-17-16-28-45(46)51-52(53)55-35-34-54-51)48-37-44(31-33-50(48)58(49)42-26-14-5-15-27-42)57(40-22-10-3-11-23-40)41-24-12-4-13-25-41/h1-37H. The minimum absolute atomic E-state index is 0.819. The Morgan fingerprint density at radius 3 is 1.26 bits per heavy atom. The number of hydrogen-bond acceptors (Lipinski definition) is 5. The highest BCUT2D eigenvalue weighted by Crippen LogP contribution is 2.63. The Hall–Kier alpha value is -7.76. The van der Waals surface area contributed by atoms with E-state index < -0.39 is 5.41 Å². The van der Waals surface area contributed by atoms with E-state index in [2.05, 4.69) is 227 Å². The van der Waals surface area contributed by atoms with Gasteiger partial charge in [-0.2, -0.15) is 0 Å². The molecular formula is C53H37N5. The average Bonchev–Trinajstić information content (AvgIpc) is 3.59. The van der Waals surface area contributed by atoms with Gasteiger partial charge in [0.25, 0.3) is 0 Å². The van der Waals surface area contributed by atoms with Crippen LogP contribution in [0.1, 0.15) is 22.4 Å². The molecule has 0 bridgehead atoms. The molecule has 1 aromatic heterocycles. The quantitative estimate of drug-likeness (QED) is 0.162. The summed E-state index contributed by atoms with van der Waals surface area (Å²) in [6, 6.07) is 75.9. The van der Waals surface area contributed by atoms with Crippen LogP contribution in [0.5, 0.6) is 0 Å². The van der Waals surface area contributed by atoms with E-state index in [4.69, 9.17) is 9.97 Å². The van der Waals surface area contributed by atoms with E-state index in [-0.39, 0.29) is 0 Å². The van der Waals surface area contributed by atoms with E-state index in [1.165, 1.54) is 0 Å². The maximum Gasteiger partial charge on any atom is 0.0944 e. The van der Waals surface area contributed by atoms with Crippen LogP contribution in [0.2, 0.25) is 0 Å². The summed E-state index contributed by atoms with van der Waals surface area (Å²) >= 11 is 0. The number of anilines is 9. The monoisotopic (exact) mass is 743 g/mol. The first kappa shape index (κ1) is 33.6. The molecule has 0 atom stereocenters. The van der Waals surface area contributed by atoms with Gasteiger partial charge >= 0.3 is 0 Å². The Morgan fingerprint density at radius 2 is 0.776 bits per heavy atom. The van der Waals surface area contributed by atoms with Crippen molar-refractivity contribution >= 4 is 51.2 Å². The van der Waals surface area contributed by atoms with Gasteiger partial charge in [0, 0.05) is 57.8 Å². The largest absolute Gasteiger partial charge is 0.310 e. The number of hydrogen-bond donors (Lipinski definition) is 0. The maximum atomic E-state index is 5.32. The number of rotatable bonds is 7. The Labute approximate surface area is 338 Å². The number of benzene rings is 8. The second-order valence-electron chi connectivity index (χ2n) is 14.6. The van der Waals surface area contributed by atoms with Crippen LogP contribution in [0.15, 0.2) is 225 Å². The normalized spacial score (nSPS) is 12.9. The highest BCUT2D eigenvalue weighted by molar-refractivity contribution is 5.97. The van der Waals surface area contributed by atoms with Crippen molar-refractivity contribution in [3.63, 3.8) is 0 Å². The summed E-state index contributed by atoms with van der Waals surface area (Å²) in [5.74, 6) is 0. The first-order valence-electron chi connectivity index (χ1n) is 19.7. The Balaban J connectivity index is 1.26.